The zero-order chi connectivity index (χ0) is 14.0. The predicted molar refractivity (Wildman–Crippen MR) is 71.6 cm³/mol. The lowest BCUT2D eigenvalue weighted by atomic mass is 10.2. The average Bonchev–Trinajstić information content (AvgIpc) is 2.59. The Balaban J connectivity index is 2.17. The van der Waals surface area contributed by atoms with Crippen LogP contribution in [0.25, 0.3) is 0 Å². The molecule has 0 bridgehead atoms. The van der Waals surface area contributed by atoms with Gasteiger partial charge in [-0.2, -0.15) is 5.10 Å². The second-order valence-electron chi connectivity index (χ2n) is 3.73. The normalized spacial score (nSPS) is 11.6. The molecule has 2 N–H and O–H groups in total. The minimum Gasteiger partial charge on any atom is -0.406 e. The molecule has 19 heavy (non-hydrogen) atoms. The van der Waals surface area contributed by atoms with Crippen molar-refractivity contribution in [3.63, 3.8) is 0 Å². The second kappa shape index (κ2) is 5.27. The summed E-state index contributed by atoms with van der Waals surface area (Å²) in [6, 6.07) is 5.72. The van der Waals surface area contributed by atoms with Gasteiger partial charge in [0.15, 0.2) is 0 Å². The van der Waals surface area contributed by atoms with Crippen molar-refractivity contribution in [3.05, 3.63) is 39.6 Å². The molecule has 8 heteroatoms. The summed E-state index contributed by atoms with van der Waals surface area (Å²) in [5.74, 6) is 0.216. The summed E-state index contributed by atoms with van der Waals surface area (Å²) in [6.07, 6.45) is -3.11. The molecule has 0 fully saturated rings. The maximum Gasteiger partial charge on any atom is 0.573 e. The molecule has 1 aromatic heterocycles. The molecule has 0 aliphatic heterocycles. The van der Waals surface area contributed by atoms with Crippen molar-refractivity contribution in [2.75, 3.05) is 5.73 Å². The van der Waals surface area contributed by atoms with Crippen LogP contribution in [0, 0.1) is 3.57 Å². The molecular weight excluding hydrogens is 374 g/mol. The van der Waals surface area contributed by atoms with E-state index < -0.39 is 6.36 Å². The summed E-state index contributed by atoms with van der Waals surface area (Å²) < 4.78 is 42.5. The fraction of sp³-hybridized carbons (Fsp3) is 0.182. The summed E-state index contributed by atoms with van der Waals surface area (Å²) in [5, 5.41) is 4.04. The van der Waals surface area contributed by atoms with Crippen LogP contribution < -0.4 is 10.5 Å². The van der Waals surface area contributed by atoms with Crippen LogP contribution in [0.15, 0.2) is 30.5 Å². The highest BCUT2D eigenvalue weighted by Crippen LogP contribution is 2.24. The molecule has 0 saturated heterocycles. The highest BCUT2D eigenvalue weighted by atomic mass is 127. The lowest BCUT2D eigenvalue weighted by Crippen LogP contribution is -2.17. The van der Waals surface area contributed by atoms with Gasteiger partial charge in [0.05, 0.1) is 16.3 Å². The van der Waals surface area contributed by atoms with Gasteiger partial charge in [0, 0.05) is 0 Å². The van der Waals surface area contributed by atoms with Crippen molar-refractivity contribution in [2.45, 2.75) is 12.9 Å². The summed E-state index contributed by atoms with van der Waals surface area (Å²) in [5.41, 5.74) is 6.39. The van der Waals surface area contributed by atoms with Crippen LogP contribution >= 0.6 is 22.6 Å². The molecule has 0 aliphatic carbocycles. The molecule has 4 nitrogen and oxygen atoms in total. The molecule has 0 amide bonds. The minimum absolute atomic E-state index is 0.259. The highest BCUT2D eigenvalue weighted by molar-refractivity contribution is 14.1. The summed E-state index contributed by atoms with van der Waals surface area (Å²) in [6.45, 7) is 0.282. The first-order valence-electron chi connectivity index (χ1n) is 5.16. The Hall–Kier alpha value is -1.45. The largest absolute Gasteiger partial charge is 0.573 e. The molecule has 0 spiro atoms. The summed E-state index contributed by atoms with van der Waals surface area (Å²) >= 11 is 2.03. The number of hydrogen-bond acceptors (Lipinski definition) is 3. The second-order valence-corrected chi connectivity index (χ2v) is 4.89. The number of halogens is 4. The number of anilines is 1. The van der Waals surface area contributed by atoms with Gasteiger partial charge in [-0.15, -0.1) is 13.2 Å². The Bertz CT molecular complexity index is 583. The van der Waals surface area contributed by atoms with Gasteiger partial charge in [0.2, 0.25) is 0 Å². The number of nitrogen functional groups attached to an aromatic ring is 1. The summed E-state index contributed by atoms with van der Waals surface area (Å²) in [4.78, 5) is 0. The van der Waals surface area contributed by atoms with Crippen LogP contribution in [0.5, 0.6) is 5.75 Å². The van der Waals surface area contributed by atoms with Crippen LogP contribution in [0.2, 0.25) is 0 Å². The third-order valence-electron chi connectivity index (χ3n) is 2.30. The highest BCUT2D eigenvalue weighted by Gasteiger charge is 2.31. The monoisotopic (exact) mass is 383 g/mol. The Morgan fingerprint density at radius 1 is 1.37 bits per heavy atom. The van der Waals surface area contributed by atoms with Crippen molar-refractivity contribution in [1.29, 1.82) is 0 Å². The summed E-state index contributed by atoms with van der Waals surface area (Å²) in [7, 11) is 0. The van der Waals surface area contributed by atoms with E-state index in [1.807, 2.05) is 22.6 Å². The molecule has 1 heterocycles. The maximum absolute atomic E-state index is 12.1. The van der Waals surface area contributed by atoms with Gasteiger partial charge in [-0.25, -0.2) is 4.68 Å². The molecule has 0 radical (unpaired) electrons. The van der Waals surface area contributed by atoms with E-state index in [-0.39, 0.29) is 12.3 Å². The molecule has 0 aliphatic rings. The lowest BCUT2D eigenvalue weighted by molar-refractivity contribution is -0.274. The number of hydrogen-bond donors (Lipinski definition) is 1. The first kappa shape index (κ1) is 14.0. The number of aromatic nitrogens is 2. The Labute approximate surface area is 120 Å². The van der Waals surface area contributed by atoms with Crippen molar-refractivity contribution >= 4 is 28.4 Å². The standard InChI is InChI=1S/C11H9F3IN3O/c12-11(13,14)19-8-3-1-2-7(4-8)6-18-10(16)9(15)5-17-18/h1-5H,6,16H2. The Morgan fingerprint density at radius 2 is 2.11 bits per heavy atom. The number of ether oxygens (including phenoxy) is 1. The van der Waals surface area contributed by atoms with E-state index in [4.69, 9.17) is 5.73 Å². The van der Waals surface area contributed by atoms with E-state index in [1.54, 1.807) is 12.3 Å². The fourth-order valence-corrected chi connectivity index (χ4v) is 1.91. The van der Waals surface area contributed by atoms with Gasteiger partial charge in [-0.3, -0.25) is 0 Å². The van der Waals surface area contributed by atoms with Crippen molar-refractivity contribution in [3.8, 4) is 5.75 Å². The van der Waals surface area contributed by atoms with Crippen molar-refractivity contribution < 1.29 is 17.9 Å². The molecule has 2 aromatic rings. The van der Waals surface area contributed by atoms with E-state index in [0.717, 1.165) is 3.57 Å². The van der Waals surface area contributed by atoms with Gasteiger partial charge < -0.3 is 10.5 Å². The molecule has 0 unspecified atom stereocenters. The lowest BCUT2D eigenvalue weighted by Gasteiger charge is -2.10. The molecular formula is C11H9F3IN3O. The van der Waals surface area contributed by atoms with E-state index >= 15 is 0 Å². The maximum atomic E-state index is 12.1. The van der Waals surface area contributed by atoms with Crippen LogP contribution in [-0.2, 0) is 6.54 Å². The Kier molecular flexibility index (Phi) is 3.88. The van der Waals surface area contributed by atoms with Gasteiger partial charge in [0.25, 0.3) is 0 Å². The molecule has 102 valence electrons. The van der Waals surface area contributed by atoms with Crippen molar-refractivity contribution in [2.24, 2.45) is 0 Å². The minimum atomic E-state index is -4.70. The van der Waals surface area contributed by atoms with Crippen LogP contribution in [0.1, 0.15) is 5.56 Å². The third-order valence-corrected chi connectivity index (χ3v) is 3.13. The molecule has 2 rings (SSSR count). The number of rotatable bonds is 3. The van der Waals surface area contributed by atoms with Crippen LogP contribution in [-0.4, -0.2) is 16.1 Å². The molecule has 0 saturated carbocycles. The zero-order valence-electron chi connectivity index (χ0n) is 9.49. The molecule has 1 aromatic carbocycles. The van der Waals surface area contributed by atoms with E-state index in [9.17, 15) is 13.2 Å². The van der Waals surface area contributed by atoms with Crippen molar-refractivity contribution in [1.82, 2.24) is 9.78 Å². The van der Waals surface area contributed by atoms with Gasteiger partial charge in [-0.05, 0) is 40.3 Å². The number of benzene rings is 1. The predicted octanol–water partition coefficient (Wildman–Crippen LogP) is 3.02. The van der Waals surface area contributed by atoms with E-state index in [2.05, 4.69) is 9.84 Å². The fourth-order valence-electron chi connectivity index (χ4n) is 1.51. The van der Waals surface area contributed by atoms with Crippen LogP contribution in [0.4, 0.5) is 19.0 Å². The van der Waals surface area contributed by atoms with Gasteiger partial charge >= 0.3 is 6.36 Å². The number of nitrogens with zero attached hydrogens (tertiary/aromatic N) is 2. The number of alkyl halides is 3. The Morgan fingerprint density at radius 3 is 2.68 bits per heavy atom. The SMILES string of the molecule is Nc1c(I)cnn1Cc1cccc(OC(F)(F)F)c1. The first-order valence-corrected chi connectivity index (χ1v) is 6.24. The number of nitrogens with two attached hydrogens (primary N) is 1. The smallest absolute Gasteiger partial charge is 0.406 e. The van der Waals surface area contributed by atoms with Gasteiger partial charge in [0.1, 0.15) is 11.6 Å². The van der Waals surface area contributed by atoms with Crippen LogP contribution in [0.3, 0.4) is 0 Å². The average molecular weight is 383 g/mol. The first-order chi connectivity index (χ1) is 8.85. The topological polar surface area (TPSA) is 53.1 Å². The third kappa shape index (κ3) is 3.75. The zero-order valence-corrected chi connectivity index (χ0v) is 11.6. The van der Waals surface area contributed by atoms with E-state index in [1.165, 1.54) is 22.9 Å². The quantitative estimate of drug-likeness (QED) is 0.830. The molecule has 0 atom stereocenters. The van der Waals surface area contributed by atoms with Gasteiger partial charge in [-0.1, -0.05) is 12.1 Å². The van der Waals surface area contributed by atoms with E-state index in [0.29, 0.717) is 11.4 Å².